The number of piperidine rings is 1. The zero-order chi connectivity index (χ0) is 16.1. The van der Waals surface area contributed by atoms with Crippen LogP contribution in [0, 0.1) is 5.92 Å². The standard InChI is InChI=1S/C14H26F2N2O3/c1-13(2,3)21-12(20)18-6-4-5-11(8-18)7-17-9-14(15,16)10-19/h11,17,19H,4-10H2,1-3H3. The molecule has 0 aromatic rings. The number of aliphatic hydroxyl groups is 1. The van der Waals surface area contributed by atoms with Crippen molar-refractivity contribution in [1.29, 1.82) is 0 Å². The summed E-state index contributed by atoms with van der Waals surface area (Å²) in [6.45, 7) is 5.27. The van der Waals surface area contributed by atoms with Gasteiger partial charge in [-0.15, -0.1) is 0 Å². The molecule has 124 valence electrons. The second kappa shape index (κ2) is 7.35. The van der Waals surface area contributed by atoms with Gasteiger partial charge in [0.05, 0.1) is 6.54 Å². The Labute approximate surface area is 124 Å². The fourth-order valence-electron chi connectivity index (χ4n) is 2.24. The molecule has 7 heteroatoms. The highest BCUT2D eigenvalue weighted by molar-refractivity contribution is 5.68. The van der Waals surface area contributed by atoms with E-state index in [-0.39, 0.29) is 12.0 Å². The second-order valence-electron chi connectivity index (χ2n) is 6.58. The van der Waals surface area contributed by atoms with Crippen LogP contribution in [-0.4, -0.2) is 60.4 Å². The molecular weight excluding hydrogens is 282 g/mol. The molecule has 1 rings (SSSR count). The van der Waals surface area contributed by atoms with Crippen LogP contribution in [-0.2, 0) is 4.74 Å². The number of ether oxygens (including phenoxy) is 1. The molecule has 1 fully saturated rings. The normalized spacial score (nSPS) is 20.5. The number of carbonyl (C=O) groups excluding carboxylic acids is 1. The molecule has 1 unspecified atom stereocenters. The lowest BCUT2D eigenvalue weighted by atomic mass is 9.98. The Balaban J connectivity index is 2.37. The molecule has 0 aromatic heterocycles. The lowest BCUT2D eigenvalue weighted by molar-refractivity contribution is -0.0484. The van der Waals surface area contributed by atoms with E-state index >= 15 is 0 Å². The van der Waals surface area contributed by atoms with E-state index in [0.29, 0.717) is 19.6 Å². The highest BCUT2D eigenvalue weighted by Gasteiger charge is 2.30. The highest BCUT2D eigenvalue weighted by Crippen LogP contribution is 2.19. The Morgan fingerprint density at radius 1 is 1.43 bits per heavy atom. The Bertz CT molecular complexity index is 346. The second-order valence-corrected chi connectivity index (χ2v) is 6.58. The van der Waals surface area contributed by atoms with Crippen LogP contribution >= 0.6 is 0 Å². The highest BCUT2D eigenvalue weighted by atomic mass is 19.3. The average molecular weight is 308 g/mol. The van der Waals surface area contributed by atoms with E-state index in [4.69, 9.17) is 9.84 Å². The SMILES string of the molecule is CC(C)(C)OC(=O)N1CCCC(CNCC(F)(F)CO)C1. The predicted molar refractivity (Wildman–Crippen MR) is 75.4 cm³/mol. The van der Waals surface area contributed by atoms with E-state index in [9.17, 15) is 13.6 Å². The first-order chi connectivity index (χ1) is 9.63. The van der Waals surface area contributed by atoms with Gasteiger partial charge in [0.25, 0.3) is 5.92 Å². The summed E-state index contributed by atoms with van der Waals surface area (Å²) < 4.78 is 31.1. The van der Waals surface area contributed by atoms with Gasteiger partial charge in [-0.05, 0) is 46.1 Å². The van der Waals surface area contributed by atoms with Crippen molar-refractivity contribution < 1.29 is 23.4 Å². The predicted octanol–water partition coefficient (Wildman–Crippen LogP) is 1.85. The van der Waals surface area contributed by atoms with Crippen LogP contribution in [0.1, 0.15) is 33.6 Å². The van der Waals surface area contributed by atoms with Gasteiger partial charge in [0, 0.05) is 13.1 Å². The number of hydrogen-bond acceptors (Lipinski definition) is 4. The van der Waals surface area contributed by atoms with Gasteiger partial charge < -0.3 is 20.1 Å². The molecule has 1 aliphatic rings. The number of alkyl halides is 2. The van der Waals surface area contributed by atoms with Crippen molar-refractivity contribution >= 4 is 6.09 Å². The van der Waals surface area contributed by atoms with Crippen LogP contribution in [0.2, 0.25) is 0 Å². The third-order valence-electron chi connectivity index (χ3n) is 3.22. The number of aliphatic hydroxyl groups excluding tert-OH is 1. The minimum Gasteiger partial charge on any atom is -0.444 e. The van der Waals surface area contributed by atoms with Crippen LogP contribution in [0.5, 0.6) is 0 Å². The topological polar surface area (TPSA) is 61.8 Å². The van der Waals surface area contributed by atoms with Crippen LogP contribution in [0.4, 0.5) is 13.6 Å². The number of nitrogens with one attached hydrogen (secondary N) is 1. The van der Waals surface area contributed by atoms with E-state index in [2.05, 4.69) is 5.32 Å². The molecule has 2 N–H and O–H groups in total. The minimum absolute atomic E-state index is 0.126. The van der Waals surface area contributed by atoms with E-state index in [1.165, 1.54) is 0 Å². The van der Waals surface area contributed by atoms with Crippen LogP contribution in [0.25, 0.3) is 0 Å². The molecule has 1 aliphatic heterocycles. The first-order valence-electron chi connectivity index (χ1n) is 7.30. The molecule has 1 atom stereocenters. The number of likely N-dealkylation sites (tertiary alicyclic amines) is 1. The molecule has 0 bridgehead atoms. The summed E-state index contributed by atoms with van der Waals surface area (Å²) in [5, 5.41) is 11.2. The van der Waals surface area contributed by atoms with Gasteiger partial charge in [-0.3, -0.25) is 0 Å². The number of carbonyl (C=O) groups is 1. The molecule has 5 nitrogen and oxygen atoms in total. The zero-order valence-corrected chi connectivity index (χ0v) is 13.0. The summed E-state index contributed by atoms with van der Waals surface area (Å²) >= 11 is 0. The van der Waals surface area contributed by atoms with Gasteiger partial charge in [-0.2, -0.15) is 0 Å². The van der Waals surface area contributed by atoms with Crippen molar-refractivity contribution in [2.24, 2.45) is 5.92 Å². The molecular formula is C14H26F2N2O3. The Morgan fingerprint density at radius 2 is 2.10 bits per heavy atom. The maximum absolute atomic E-state index is 12.9. The molecule has 0 aromatic carbocycles. The number of nitrogens with zero attached hydrogens (tertiary/aromatic N) is 1. The van der Waals surface area contributed by atoms with E-state index in [0.717, 1.165) is 12.8 Å². The van der Waals surface area contributed by atoms with Gasteiger partial charge in [0.2, 0.25) is 0 Å². The first kappa shape index (κ1) is 18.1. The molecule has 0 saturated carbocycles. The summed E-state index contributed by atoms with van der Waals surface area (Å²) in [7, 11) is 0. The van der Waals surface area contributed by atoms with Crippen LogP contribution in [0.15, 0.2) is 0 Å². The Hall–Kier alpha value is -0.950. The Morgan fingerprint density at radius 3 is 2.67 bits per heavy atom. The Kier molecular flexibility index (Phi) is 6.34. The van der Waals surface area contributed by atoms with E-state index < -0.39 is 24.7 Å². The van der Waals surface area contributed by atoms with Gasteiger partial charge in [-0.1, -0.05) is 0 Å². The maximum Gasteiger partial charge on any atom is 0.410 e. The van der Waals surface area contributed by atoms with Gasteiger partial charge >= 0.3 is 6.09 Å². The lowest BCUT2D eigenvalue weighted by Crippen LogP contribution is -2.46. The molecule has 0 spiro atoms. The molecule has 1 heterocycles. The maximum atomic E-state index is 12.9. The monoisotopic (exact) mass is 308 g/mol. The molecule has 0 radical (unpaired) electrons. The van der Waals surface area contributed by atoms with Crippen molar-refractivity contribution in [3.05, 3.63) is 0 Å². The van der Waals surface area contributed by atoms with E-state index in [1.54, 1.807) is 4.90 Å². The van der Waals surface area contributed by atoms with E-state index in [1.807, 2.05) is 20.8 Å². The zero-order valence-electron chi connectivity index (χ0n) is 13.0. The van der Waals surface area contributed by atoms with Crippen LogP contribution in [0.3, 0.4) is 0 Å². The fourth-order valence-corrected chi connectivity index (χ4v) is 2.24. The molecule has 1 saturated heterocycles. The minimum atomic E-state index is -3.10. The van der Waals surface area contributed by atoms with Gasteiger partial charge in [0.1, 0.15) is 12.2 Å². The molecule has 0 aliphatic carbocycles. The lowest BCUT2D eigenvalue weighted by Gasteiger charge is -2.34. The number of hydrogen-bond donors (Lipinski definition) is 2. The summed E-state index contributed by atoms with van der Waals surface area (Å²) in [4.78, 5) is 13.6. The smallest absolute Gasteiger partial charge is 0.410 e. The van der Waals surface area contributed by atoms with Crippen molar-refractivity contribution in [3.63, 3.8) is 0 Å². The van der Waals surface area contributed by atoms with Gasteiger partial charge in [0.15, 0.2) is 0 Å². The number of halogens is 2. The van der Waals surface area contributed by atoms with Crippen molar-refractivity contribution in [2.45, 2.75) is 45.1 Å². The summed E-state index contributed by atoms with van der Waals surface area (Å²) in [6, 6.07) is 0. The van der Waals surface area contributed by atoms with Crippen molar-refractivity contribution in [3.8, 4) is 0 Å². The third kappa shape index (κ3) is 7.04. The average Bonchev–Trinajstić information content (AvgIpc) is 2.37. The van der Waals surface area contributed by atoms with Gasteiger partial charge in [-0.25, -0.2) is 13.6 Å². The quantitative estimate of drug-likeness (QED) is 0.814. The number of amides is 1. The largest absolute Gasteiger partial charge is 0.444 e. The van der Waals surface area contributed by atoms with Crippen LogP contribution < -0.4 is 5.32 Å². The molecule has 1 amide bonds. The summed E-state index contributed by atoms with van der Waals surface area (Å²) in [5.41, 5.74) is -0.536. The first-order valence-corrected chi connectivity index (χ1v) is 7.30. The molecule has 21 heavy (non-hydrogen) atoms. The number of rotatable bonds is 5. The summed E-state index contributed by atoms with van der Waals surface area (Å²) in [6.07, 6.45) is 1.37. The summed E-state index contributed by atoms with van der Waals surface area (Å²) in [5.74, 6) is -2.97. The van der Waals surface area contributed by atoms with Crippen molar-refractivity contribution in [1.82, 2.24) is 10.2 Å². The van der Waals surface area contributed by atoms with Crippen molar-refractivity contribution in [2.75, 3.05) is 32.8 Å². The third-order valence-corrected chi connectivity index (χ3v) is 3.22. The fraction of sp³-hybridized carbons (Fsp3) is 0.929.